The van der Waals surface area contributed by atoms with E-state index >= 15 is 0 Å². The van der Waals surface area contributed by atoms with Crippen LogP contribution in [0.2, 0.25) is 0 Å². The monoisotopic (exact) mass is 214 g/mol. The zero-order valence-electron chi connectivity index (χ0n) is 8.42. The highest BCUT2D eigenvalue weighted by Crippen LogP contribution is 2.19. The maximum atomic E-state index is 11.3. The zero-order chi connectivity index (χ0) is 9.80. The number of hydrogen-bond acceptors (Lipinski definition) is 3. The van der Waals surface area contributed by atoms with Gasteiger partial charge in [-0.2, -0.15) is 11.8 Å². The summed E-state index contributed by atoms with van der Waals surface area (Å²) >= 11 is 2.01. The minimum atomic E-state index is 0.214. The summed E-state index contributed by atoms with van der Waals surface area (Å²) in [5, 5.41) is 6.52. The van der Waals surface area contributed by atoms with E-state index in [0.717, 1.165) is 19.4 Å². The molecule has 2 fully saturated rings. The number of nitrogens with one attached hydrogen (secondary N) is 2. The second-order valence-corrected chi connectivity index (χ2v) is 5.27. The van der Waals surface area contributed by atoms with Crippen LogP contribution in [0, 0.1) is 0 Å². The van der Waals surface area contributed by atoms with Gasteiger partial charge < -0.3 is 10.6 Å². The molecule has 2 aliphatic rings. The zero-order valence-corrected chi connectivity index (χ0v) is 9.24. The van der Waals surface area contributed by atoms with Gasteiger partial charge in [-0.25, -0.2) is 0 Å². The summed E-state index contributed by atoms with van der Waals surface area (Å²) in [6.07, 6.45) is 4.19. The van der Waals surface area contributed by atoms with Crippen LogP contribution in [0.5, 0.6) is 0 Å². The molecule has 1 amide bonds. The predicted molar refractivity (Wildman–Crippen MR) is 59.5 cm³/mol. The Bertz CT molecular complexity index is 204. The molecule has 2 N–H and O–H groups in total. The Balaban J connectivity index is 1.79. The number of carbonyl (C=O) groups is 1. The van der Waals surface area contributed by atoms with E-state index in [0.29, 0.717) is 18.5 Å². The summed E-state index contributed by atoms with van der Waals surface area (Å²) < 4.78 is 0. The van der Waals surface area contributed by atoms with Crippen LogP contribution >= 0.6 is 11.8 Å². The van der Waals surface area contributed by atoms with Gasteiger partial charge in [0.2, 0.25) is 5.91 Å². The molecule has 80 valence electrons. The third kappa shape index (κ3) is 2.89. The fraction of sp³-hybridized carbons (Fsp3) is 0.900. The first-order chi connectivity index (χ1) is 6.84. The molecule has 14 heavy (non-hydrogen) atoms. The van der Waals surface area contributed by atoms with E-state index in [1.54, 1.807) is 0 Å². The molecule has 2 rings (SSSR count). The average molecular weight is 214 g/mol. The average Bonchev–Trinajstić information content (AvgIpc) is 2.56. The first-order valence-electron chi connectivity index (χ1n) is 5.45. The van der Waals surface area contributed by atoms with E-state index in [1.165, 1.54) is 17.9 Å². The summed E-state index contributed by atoms with van der Waals surface area (Å²) in [5.41, 5.74) is 0. The van der Waals surface area contributed by atoms with Gasteiger partial charge in [-0.1, -0.05) is 0 Å². The van der Waals surface area contributed by atoms with E-state index in [-0.39, 0.29) is 5.91 Å². The van der Waals surface area contributed by atoms with Gasteiger partial charge in [-0.05, 0) is 25.0 Å². The van der Waals surface area contributed by atoms with Crippen molar-refractivity contribution < 1.29 is 4.79 Å². The summed E-state index contributed by atoms with van der Waals surface area (Å²) in [7, 11) is 0. The van der Waals surface area contributed by atoms with E-state index in [1.807, 2.05) is 11.8 Å². The molecule has 2 atom stereocenters. The largest absolute Gasteiger partial charge is 0.356 e. The number of amides is 1. The quantitative estimate of drug-likeness (QED) is 0.713. The smallest absolute Gasteiger partial charge is 0.221 e. The van der Waals surface area contributed by atoms with E-state index in [4.69, 9.17) is 0 Å². The van der Waals surface area contributed by atoms with Crippen molar-refractivity contribution in [2.24, 2.45) is 0 Å². The lowest BCUT2D eigenvalue weighted by atomic mass is 10.1. The van der Waals surface area contributed by atoms with Crippen LogP contribution in [0.4, 0.5) is 0 Å². The Hall–Kier alpha value is -0.220. The predicted octanol–water partition coefficient (Wildman–Crippen LogP) is 0.750. The van der Waals surface area contributed by atoms with Crippen molar-refractivity contribution in [3.8, 4) is 0 Å². The van der Waals surface area contributed by atoms with Crippen LogP contribution in [-0.2, 0) is 4.79 Å². The van der Waals surface area contributed by atoms with Gasteiger partial charge in [0.15, 0.2) is 0 Å². The number of rotatable bonds is 2. The molecule has 2 saturated heterocycles. The standard InChI is InChI=1S/C10H18N2OS/c13-10-6-8(2-1-4-11-10)12-9-3-5-14-7-9/h8-9,12H,1-7H2,(H,11,13). The van der Waals surface area contributed by atoms with Crippen LogP contribution in [0.3, 0.4) is 0 Å². The van der Waals surface area contributed by atoms with Gasteiger partial charge in [0, 0.05) is 30.8 Å². The molecule has 3 nitrogen and oxygen atoms in total. The Kier molecular flexibility index (Phi) is 3.70. The highest BCUT2D eigenvalue weighted by atomic mass is 32.2. The van der Waals surface area contributed by atoms with Crippen LogP contribution in [0.1, 0.15) is 25.7 Å². The van der Waals surface area contributed by atoms with Crippen molar-refractivity contribution in [3.63, 3.8) is 0 Å². The molecular weight excluding hydrogens is 196 g/mol. The minimum Gasteiger partial charge on any atom is -0.356 e. The Morgan fingerprint density at radius 2 is 2.29 bits per heavy atom. The Morgan fingerprint density at radius 1 is 1.36 bits per heavy atom. The number of thioether (sulfide) groups is 1. The van der Waals surface area contributed by atoms with Gasteiger partial charge in [0.05, 0.1) is 0 Å². The van der Waals surface area contributed by atoms with Gasteiger partial charge in [-0.3, -0.25) is 4.79 Å². The Labute approximate surface area is 89.4 Å². The van der Waals surface area contributed by atoms with Gasteiger partial charge in [0.1, 0.15) is 0 Å². The molecule has 0 aliphatic carbocycles. The van der Waals surface area contributed by atoms with Crippen molar-refractivity contribution in [2.75, 3.05) is 18.1 Å². The fourth-order valence-electron chi connectivity index (χ4n) is 2.12. The van der Waals surface area contributed by atoms with Gasteiger partial charge in [-0.15, -0.1) is 0 Å². The molecule has 2 unspecified atom stereocenters. The summed E-state index contributed by atoms with van der Waals surface area (Å²) in [6.45, 7) is 0.858. The highest BCUT2D eigenvalue weighted by Gasteiger charge is 2.22. The second-order valence-electron chi connectivity index (χ2n) is 4.12. The van der Waals surface area contributed by atoms with E-state index < -0.39 is 0 Å². The first-order valence-corrected chi connectivity index (χ1v) is 6.60. The summed E-state index contributed by atoms with van der Waals surface area (Å²) in [4.78, 5) is 11.3. The lowest BCUT2D eigenvalue weighted by Crippen LogP contribution is -2.39. The fourth-order valence-corrected chi connectivity index (χ4v) is 3.28. The Morgan fingerprint density at radius 3 is 3.07 bits per heavy atom. The van der Waals surface area contributed by atoms with Crippen molar-refractivity contribution in [3.05, 3.63) is 0 Å². The molecule has 0 radical (unpaired) electrons. The van der Waals surface area contributed by atoms with E-state index in [9.17, 15) is 4.79 Å². The molecule has 0 aromatic heterocycles. The summed E-state index contributed by atoms with van der Waals surface area (Å²) in [5.74, 6) is 2.71. The maximum Gasteiger partial charge on any atom is 0.221 e. The van der Waals surface area contributed by atoms with Crippen LogP contribution in [0.25, 0.3) is 0 Å². The van der Waals surface area contributed by atoms with Gasteiger partial charge in [0.25, 0.3) is 0 Å². The minimum absolute atomic E-state index is 0.214. The molecule has 2 aliphatic heterocycles. The van der Waals surface area contributed by atoms with Crippen LogP contribution in [-0.4, -0.2) is 36.0 Å². The summed E-state index contributed by atoms with van der Waals surface area (Å²) in [6, 6.07) is 1.07. The topological polar surface area (TPSA) is 41.1 Å². The third-order valence-corrected chi connectivity index (χ3v) is 4.05. The van der Waals surface area contributed by atoms with Crippen molar-refractivity contribution in [1.82, 2.24) is 10.6 Å². The normalized spacial score (nSPS) is 33.9. The first kappa shape index (κ1) is 10.3. The molecule has 0 aromatic rings. The molecule has 0 aromatic carbocycles. The lowest BCUT2D eigenvalue weighted by Gasteiger charge is -2.19. The SMILES string of the molecule is O=C1CC(NC2CCSC2)CCCN1. The molecule has 2 heterocycles. The van der Waals surface area contributed by atoms with Crippen LogP contribution < -0.4 is 10.6 Å². The van der Waals surface area contributed by atoms with Crippen molar-refractivity contribution in [1.29, 1.82) is 0 Å². The molecule has 4 heteroatoms. The molecule has 0 spiro atoms. The molecular formula is C10H18N2OS. The van der Waals surface area contributed by atoms with Gasteiger partial charge >= 0.3 is 0 Å². The molecule has 0 bridgehead atoms. The second kappa shape index (κ2) is 5.03. The van der Waals surface area contributed by atoms with Crippen molar-refractivity contribution >= 4 is 17.7 Å². The van der Waals surface area contributed by atoms with Crippen molar-refractivity contribution in [2.45, 2.75) is 37.8 Å². The van der Waals surface area contributed by atoms with Crippen LogP contribution in [0.15, 0.2) is 0 Å². The lowest BCUT2D eigenvalue weighted by molar-refractivity contribution is -0.121. The number of carbonyl (C=O) groups excluding carboxylic acids is 1. The third-order valence-electron chi connectivity index (χ3n) is 2.88. The number of hydrogen-bond donors (Lipinski definition) is 2. The van der Waals surface area contributed by atoms with E-state index in [2.05, 4.69) is 10.6 Å². The highest BCUT2D eigenvalue weighted by molar-refractivity contribution is 7.99. The molecule has 0 saturated carbocycles. The maximum absolute atomic E-state index is 11.3.